The van der Waals surface area contributed by atoms with Gasteiger partial charge in [0, 0.05) is 29.7 Å². The highest BCUT2D eigenvalue weighted by Crippen LogP contribution is 2.27. The van der Waals surface area contributed by atoms with Crippen LogP contribution in [0, 0.1) is 0 Å². The summed E-state index contributed by atoms with van der Waals surface area (Å²) < 4.78 is 27.1. The zero-order valence-corrected chi connectivity index (χ0v) is 15.6. The van der Waals surface area contributed by atoms with Crippen LogP contribution in [-0.4, -0.2) is 38.5 Å². The lowest BCUT2D eigenvalue weighted by Gasteiger charge is -2.29. The second-order valence-corrected chi connectivity index (χ2v) is 8.95. The first kappa shape index (κ1) is 18.4. The number of amides is 1. The van der Waals surface area contributed by atoms with Gasteiger partial charge in [-0.15, -0.1) is 0 Å². The summed E-state index contributed by atoms with van der Waals surface area (Å²) in [6.45, 7) is 3.75. The molecule has 3 unspecified atom stereocenters. The molecule has 1 amide bonds. The van der Waals surface area contributed by atoms with Crippen LogP contribution in [0.2, 0.25) is 0 Å². The lowest BCUT2D eigenvalue weighted by Crippen LogP contribution is -2.48. The van der Waals surface area contributed by atoms with Gasteiger partial charge >= 0.3 is 0 Å². The topological polar surface area (TPSA) is 87.3 Å². The summed E-state index contributed by atoms with van der Waals surface area (Å²) in [5.74, 6) is -0.134. The molecule has 3 rings (SSSR count). The third-order valence-electron chi connectivity index (χ3n) is 5.20. The van der Waals surface area contributed by atoms with Crippen molar-refractivity contribution in [3.05, 3.63) is 29.8 Å². The van der Waals surface area contributed by atoms with Crippen molar-refractivity contribution in [3.8, 4) is 0 Å². The normalized spacial score (nSPS) is 27.0. The van der Waals surface area contributed by atoms with Crippen molar-refractivity contribution in [3.63, 3.8) is 0 Å². The van der Waals surface area contributed by atoms with Gasteiger partial charge in [0.2, 0.25) is 10.0 Å². The molecule has 3 N–H and O–H groups in total. The molecule has 6 nitrogen and oxygen atoms in total. The Labute approximate surface area is 149 Å². The van der Waals surface area contributed by atoms with Crippen LogP contribution in [0.4, 0.5) is 0 Å². The van der Waals surface area contributed by atoms with Gasteiger partial charge in [-0.3, -0.25) is 4.79 Å². The number of nitrogens with one attached hydrogen (secondary N) is 3. The quantitative estimate of drug-likeness (QED) is 0.717. The Morgan fingerprint density at radius 1 is 1.20 bits per heavy atom. The van der Waals surface area contributed by atoms with E-state index in [4.69, 9.17) is 0 Å². The Morgan fingerprint density at radius 3 is 2.36 bits per heavy atom. The maximum absolute atomic E-state index is 12.4. The minimum absolute atomic E-state index is 0.122. The van der Waals surface area contributed by atoms with Crippen molar-refractivity contribution in [1.29, 1.82) is 0 Å². The number of hydrogen-bond donors (Lipinski definition) is 3. The summed E-state index contributed by atoms with van der Waals surface area (Å²) in [5.41, 5.74) is 0.494. The number of carbonyl (C=O) groups excluding carboxylic acids is 1. The molecule has 25 heavy (non-hydrogen) atoms. The average Bonchev–Trinajstić information content (AvgIpc) is 2.93. The molecule has 0 aliphatic carbocycles. The molecule has 2 bridgehead atoms. The molecule has 0 spiro atoms. The summed E-state index contributed by atoms with van der Waals surface area (Å²) in [6, 6.07) is 7.25. The highest BCUT2D eigenvalue weighted by atomic mass is 32.2. The summed E-state index contributed by atoms with van der Waals surface area (Å²) in [7, 11) is -3.54. The van der Waals surface area contributed by atoms with Crippen molar-refractivity contribution in [1.82, 2.24) is 15.4 Å². The van der Waals surface area contributed by atoms with E-state index in [0.717, 1.165) is 19.3 Å². The largest absolute Gasteiger partial charge is 0.349 e. The van der Waals surface area contributed by atoms with E-state index in [1.807, 2.05) is 13.8 Å². The van der Waals surface area contributed by atoms with Gasteiger partial charge in [0.1, 0.15) is 0 Å². The molecular weight excluding hydrogens is 338 g/mol. The standard InChI is InChI=1S/C18H27N3O3S/c1-3-12(2)21-25(23,24)17-8-4-13(5-9-17)18(22)20-16-10-14-6-7-15(11-16)19-14/h4-5,8-9,12,14-16,19,21H,3,6-7,10-11H2,1-2H3,(H,20,22). The first-order chi connectivity index (χ1) is 11.9. The average molecular weight is 365 g/mol. The van der Waals surface area contributed by atoms with Crippen molar-refractivity contribution in [2.75, 3.05) is 0 Å². The molecule has 0 radical (unpaired) electrons. The molecular formula is C18H27N3O3S. The summed E-state index contributed by atoms with van der Waals surface area (Å²) in [6.07, 6.45) is 5.03. The molecule has 138 valence electrons. The van der Waals surface area contributed by atoms with E-state index in [-0.39, 0.29) is 22.9 Å². The van der Waals surface area contributed by atoms with Crippen molar-refractivity contribution < 1.29 is 13.2 Å². The fourth-order valence-electron chi connectivity index (χ4n) is 3.65. The molecule has 2 saturated heterocycles. The number of sulfonamides is 1. The van der Waals surface area contributed by atoms with Crippen molar-refractivity contribution in [2.24, 2.45) is 0 Å². The molecule has 7 heteroatoms. The minimum Gasteiger partial charge on any atom is -0.349 e. The lowest BCUT2D eigenvalue weighted by molar-refractivity contribution is 0.0924. The smallest absolute Gasteiger partial charge is 0.251 e. The van der Waals surface area contributed by atoms with Gasteiger partial charge in [-0.05, 0) is 63.3 Å². The Hall–Kier alpha value is -1.44. The van der Waals surface area contributed by atoms with Gasteiger partial charge in [-0.2, -0.15) is 0 Å². The third-order valence-corrected chi connectivity index (χ3v) is 6.81. The van der Waals surface area contributed by atoms with Crippen LogP contribution in [-0.2, 0) is 10.0 Å². The number of hydrogen-bond acceptors (Lipinski definition) is 4. The highest BCUT2D eigenvalue weighted by Gasteiger charge is 2.34. The number of rotatable bonds is 6. The van der Waals surface area contributed by atoms with Gasteiger partial charge in [0.25, 0.3) is 5.91 Å². The summed E-state index contributed by atoms with van der Waals surface area (Å²) >= 11 is 0. The Balaban J connectivity index is 1.62. The molecule has 2 heterocycles. The molecule has 0 aromatic heterocycles. The predicted molar refractivity (Wildman–Crippen MR) is 97.0 cm³/mol. The summed E-state index contributed by atoms with van der Waals surface area (Å²) in [4.78, 5) is 12.6. The van der Waals surface area contributed by atoms with E-state index in [9.17, 15) is 13.2 Å². The maximum atomic E-state index is 12.4. The Kier molecular flexibility index (Phi) is 5.46. The fraction of sp³-hybridized carbons (Fsp3) is 0.611. The SMILES string of the molecule is CCC(C)NS(=O)(=O)c1ccc(C(=O)NC2CC3CCC(C2)N3)cc1. The second-order valence-electron chi connectivity index (χ2n) is 7.23. The molecule has 1 aromatic carbocycles. The number of fused-ring (bicyclic) bond motifs is 2. The maximum Gasteiger partial charge on any atom is 0.251 e. The molecule has 2 aliphatic heterocycles. The molecule has 1 aromatic rings. The van der Waals surface area contributed by atoms with Gasteiger partial charge in [0.05, 0.1) is 4.90 Å². The second kappa shape index (κ2) is 7.43. The molecule has 2 aliphatic rings. The minimum atomic E-state index is -3.54. The van der Waals surface area contributed by atoms with Gasteiger partial charge in [0.15, 0.2) is 0 Å². The van der Waals surface area contributed by atoms with E-state index >= 15 is 0 Å². The van der Waals surface area contributed by atoms with Crippen LogP contribution < -0.4 is 15.4 Å². The number of benzene rings is 1. The highest BCUT2D eigenvalue weighted by molar-refractivity contribution is 7.89. The van der Waals surface area contributed by atoms with Gasteiger partial charge < -0.3 is 10.6 Å². The Bertz CT molecular complexity index is 706. The van der Waals surface area contributed by atoms with Crippen LogP contribution in [0.1, 0.15) is 56.3 Å². The van der Waals surface area contributed by atoms with Crippen LogP contribution in [0.25, 0.3) is 0 Å². The van der Waals surface area contributed by atoms with Gasteiger partial charge in [-0.25, -0.2) is 13.1 Å². The van der Waals surface area contributed by atoms with E-state index in [1.165, 1.54) is 25.0 Å². The van der Waals surface area contributed by atoms with E-state index in [0.29, 0.717) is 17.6 Å². The van der Waals surface area contributed by atoms with Gasteiger partial charge in [-0.1, -0.05) is 6.92 Å². The summed E-state index contributed by atoms with van der Waals surface area (Å²) in [5, 5.41) is 6.64. The van der Waals surface area contributed by atoms with Crippen LogP contribution in [0.5, 0.6) is 0 Å². The van der Waals surface area contributed by atoms with Crippen LogP contribution in [0.3, 0.4) is 0 Å². The Morgan fingerprint density at radius 2 is 1.80 bits per heavy atom. The van der Waals surface area contributed by atoms with Crippen LogP contribution >= 0.6 is 0 Å². The number of carbonyl (C=O) groups is 1. The first-order valence-electron chi connectivity index (χ1n) is 9.06. The lowest BCUT2D eigenvalue weighted by atomic mass is 9.99. The van der Waals surface area contributed by atoms with Crippen LogP contribution in [0.15, 0.2) is 29.2 Å². The van der Waals surface area contributed by atoms with Crippen molar-refractivity contribution in [2.45, 2.75) is 75.0 Å². The zero-order chi connectivity index (χ0) is 18.0. The molecule has 2 fully saturated rings. The molecule has 3 atom stereocenters. The van der Waals surface area contributed by atoms with E-state index < -0.39 is 10.0 Å². The van der Waals surface area contributed by atoms with E-state index in [2.05, 4.69) is 15.4 Å². The van der Waals surface area contributed by atoms with E-state index in [1.54, 1.807) is 12.1 Å². The monoisotopic (exact) mass is 365 g/mol. The first-order valence-corrected chi connectivity index (χ1v) is 10.5. The fourth-order valence-corrected chi connectivity index (χ4v) is 4.97. The third kappa shape index (κ3) is 4.40. The zero-order valence-electron chi connectivity index (χ0n) is 14.8. The number of piperidine rings is 1. The molecule has 0 saturated carbocycles. The predicted octanol–water partition coefficient (Wildman–Crippen LogP) is 1.78. The van der Waals surface area contributed by atoms with Crippen molar-refractivity contribution >= 4 is 15.9 Å².